The van der Waals surface area contributed by atoms with Gasteiger partial charge >= 0.3 is 0 Å². The summed E-state index contributed by atoms with van der Waals surface area (Å²) in [6.07, 6.45) is 11.1. The maximum absolute atomic E-state index is 14.0. The van der Waals surface area contributed by atoms with E-state index < -0.39 is 11.2 Å². The van der Waals surface area contributed by atoms with E-state index in [1.807, 2.05) is 19.1 Å². The normalized spacial score (nSPS) is 31.3. The van der Waals surface area contributed by atoms with Crippen molar-refractivity contribution in [3.63, 3.8) is 0 Å². The number of hydrogen-bond donors (Lipinski definition) is 2. The van der Waals surface area contributed by atoms with Gasteiger partial charge in [-0.2, -0.15) is 0 Å². The van der Waals surface area contributed by atoms with Crippen LogP contribution in [0.5, 0.6) is 11.5 Å². The predicted octanol–water partition coefficient (Wildman–Crippen LogP) is 5.27. The molecule has 0 unspecified atom stereocenters. The van der Waals surface area contributed by atoms with Crippen LogP contribution in [0.15, 0.2) is 59.1 Å². The molecule has 5 nitrogen and oxygen atoms in total. The molecule has 32 heavy (non-hydrogen) atoms. The third-order valence-corrected chi connectivity index (χ3v) is 7.62. The Hall–Kier alpha value is -3.08. The summed E-state index contributed by atoms with van der Waals surface area (Å²) in [5.41, 5.74) is 1.08. The van der Waals surface area contributed by atoms with Crippen LogP contribution < -0.4 is 10.3 Å². The van der Waals surface area contributed by atoms with Gasteiger partial charge in [0.15, 0.2) is 5.60 Å². The number of Topliss-reactive ketones (excluding diaryl/α,β-unsaturated/α-hetero) is 1. The van der Waals surface area contributed by atoms with Crippen molar-refractivity contribution in [2.45, 2.75) is 45.6 Å². The molecule has 2 N–H and O–H groups in total. The second-order valence-electron chi connectivity index (χ2n) is 9.64. The lowest BCUT2D eigenvalue weighted by Crippen LogP contribution is -2.54. The quantitative estimate of drug-likeness (QED) is 0.635. The predicted molar refractivity (Wildman–Crippen MR) is 124 cm³/mol. The van der Waals surface area contributed by atoms with Crippen molar-refractivity contribution >= 4 is 5.78 Å². The summed E-state index contributed by atoms with van der Waals surface area (Å²) in [7, 11) is 0. The second kappa shape index (κ2) is 7.51. The van der Waals surface area contributed by atoms with Gasteiger partial charge in [0, 0.05) is 17.7 Å². The number of hydrogen-bond acceptors (Lipinski definition) is 4. The zero-order chi connectivity index (χ0) is 22.6. The van der Waals surface area contributed by atoms with Gasteiger partial charge in [-0.15, -0.1) is 0 Å². The first-order valence-corrected chi connectivity index (χ1v) is 11.5. The largest absolute Gasteiger partial charge is 0.508 e. The van der Waals surface area contributed by atoms with Crippen LogP contribution in [-0.2, 0) is 0 Å². The molecule has 2 heterocycles. The van der Waals surface area contributed by atoms with Crippen molar-refractivity contribution in [2.24, 2.45) is 23.7 Å². The first kappa shape index (κ1) is 20.8. The summed E-state index contributed by atoms with van der Waals surface area (Å²) < 4.78 is 6.60. The summed E-state index contributed by atoms with van der Waals surface area (Å²) in [5, 5.41) is 9.68. The number of fused-ring (bicyclic) bond motifs is 2. The third-order valence-electron chi connectivity index (χ3n) is 7.62. The Labute approximate surface area is 187 Å². The third kappa shape index (κ3) is 2.98. The molecule has 5 heteroatoms. The van der Waals surface area contributed by atoms with Gasteiger partial charge in [0.1, 0.15) is 17.1 Å². The smallest absolute Gasteiger partial charge is 0.262 e. The molecule has 1 fully saturated rings. The van der Waals surface area contributed by atoms with E-state index in [2.05, 4.69) is 24.9 Å². The number of phenols is 1. The molecule has 1 saturated carbocycles. The van der Waals surface area contributed by atoms with Crippen molar-refractivity contribution in [1.82, 2.24) is 4.98 Å². The minimum absolute atomic E-state index is 0.0939. The molecule has 1 aromatic heterocycles. The lowest BCUT2D eigenvalue weighted by molar-refractivity contribution is 0.0193. The van der Waals surface area contributed by atoms with Gasteiger partial charge in [0.2, 0.25) is 5.78 Å². The van der Waals surface area contributed by atoms with Gasteiger partial charge in [-0.3, -0.25) is 9.59 Å². The lowest BCUT2D eigenvalue weighted by atomic mass is 9.58. The van der Waals surface area contributed by atoms with Crippen molar-refractivity contribution in [1.29, 1.82) is 0 Å². The molecule has 1 spiro atoms. The number of aromatic hydroxyl groups is 1. The van der Waals surface area contributed by atoms with Gasteiger partial charge in [-0.1, -0.05) is 43.2 Å². The average molecular weight is 432 g/mol. The Morgan fingerprint density at radius 2 is 1.94 bits per heavy atom. The van der Waals surface area contributed by atoms with Crippen LogP contribution in [0.3, 0.4) is 0 Å². The molecule has 1 aliphatic heterocycles. The number of benzene rings is 1. The summed E-state index contributed by atoms with van der Waals surface area (Å²) in [5.74, 6) is 1.44. The van der Waals surface area contributed by atoms with Gasteiger partial charge in [-0.25, -0.2) is 0 Å². The van der Waals surface area contributed by atoms with E-state index in [0.717, 1.165) is 18.4 Å². The number of rotatable bonds is 2. The zero-order valence-corrected chi connectivity index (χ0v) is 18.7. The summed E-state index contributed by atoms with van der Waals surface area (Å²) in [6.45, 7) is 6.36. The minimum atomic E-state index is -1.20. The first-order chi connectivity index (χ1) is 15.4. The number of carbonyl (C=O) groups is 1. The Balaban J connectivity index is 1.69. The van der Waals surface area contributed by atoms with Crippen LogP contribution in [0, 0.1) is 23.7 Å². The Kier molecular flexibility index (Phi) is 4.88. The highest BCUT2D eigenvalue weighted by molar-refractivity contribution is 6.10. The molecule has 0 saturated heterocycles. The standard InChI is InChI=1S/C27H29NO4/c1-4-5-22-20-12-15(2)6-11-19(20)16(3)13-27(22)25(30)23-24(32-27)21(14-28-26(23)31)17-7-9-18(29)10-8-17/h4-5,7-10,13-15,19-20,22,29H,6,11-12H2,1-3H3,(H,28,31)/t15-,19+,20-,22+,27-/m0/s1. The van der Waals surface area contributed by atoms with Crippen LogP contribution in [0.4, 0.5) is 0 Å². The van der Waals surface area contributed by atoms with Crippen molar-refractivity contribution in [3.8, 4) is 22.6 Å². The number of pyridine rings is 1. The molecule has 166 valence electrons. The topological polar surface area (TPSA) is 79.4 Å². The van der Waals surface area contributed by atoms with Gasteiger partial charge < -0.3 is 14.8 Å². The fourth-order valence-corrected chi connectivity index (χ4v) is 6.15. The van der Waals surface area contributed by atoms with Crippen LogP contribution in [-0.4, -0.2) is 21.5 Å². The van der Waals surface area contributed by atoms with Crippen LogP contribution in [0.25, 0.3) is 11.1 Å². The first-order valence-electron chi connectivity index (χ1n) is 11.5. The molecule has 5 atom stereocenters. The number of phenolic OH excluding ortho intramolecular Hbond substituents is 1. The lowest BCUT2D eigenvalue weighted by Gasteiger charge is -2.48. The molecular weight excluding hydrogens is 402 g/mol. The van der Waals surface area contributed by atoms with E-state index in [9.17, 15) is 14.7 Å². The molecule has 0 bridgehead atoms. The van der Waals surface area contributed by atoms with Gasteiger partial charge in [-0.05, 0) is 68.2 Å². The Bertz CT molecular complexity index is 1190. The fraction of sp³-hybridized carbons (Fsp3) is 0.407. The van der Waals surface area contributed by atoms with Crippen LogP contribution in [0.2, 0.25) is 0 Å². The number of ether oxygens (including phenoxy) is 1. The van der Waals surface area contributed by atoms with E-state index >= 15 is 0 Å². The summed E-state index contributed by atoms with van der Waals surface area (Å²) >= 11 is 0. The fourth-order valence-electron chi connectivity index (χ4n) is 6.15. The summed E-state index contributed by atoms with van der Waals surface area (Å²) in [4.78, 5) is 29.5. The number of ketones is 1. The number of aromatic nitrogens is 1. The molecule has 0 radical (unpaired) electrons. The highest BCUT2D eigenvalue weighted by Gasteiger charge is 2.59. The average Bonchev–Trinajstić information content (AvgIpc) is 3.05. The molecule has 0 amide bonds. The van der Waals surface area contributed by atoms with E-state index in [1.54, 1.807) is 30.5 Å². The van der Waals surface area contributed by atoms with Crippen LogP contribution in [0.1, 0.15) is 50.4 Å². The maximum Gasteiger partial charge on any atom is 0.262 e. The van der Waals surface area contributed by atoms with Crippen LogP contribution >= 0.6 is 0 Å². The van der Waals surface area contributed by atoms with E-state index in [4.69, 9.17) is 4.74 Å². The summed E-state index contributed by atoms with van der Waals surface area (Å²) in [6, 6.07) is 6.68. The Morgan fingerprint density at radius 1 is 1.19 bits per heavy atom. The highest BCUT2D eigenvalue weighted by atomic mass is 16.5. The highest BCUT2D eigenvalue weighted by Crippen LogP contribution is 2.55. The monoisotopic (exact) mass is 431 g/mol. The van der Waals surface area contributed by atoms with E-state index in [-0.39, 0.29) is 23.0 Å². The van der Waals surface area contributed by atoms with Gasteiger partial charge in [0.25, 0.3) is 5.56 Å². The number of nitrogens with one attached hydrogen (secondary N) is 1. The number of aromatic amines is 1. The number of allylic oxidation sites excluding steroid dienone is 2. The molecule has 5 rings (SSSR count). The van der Waals surface area contributed by atoms with E-state index in [0.29, 0.717) is 29.1 Å². The molecule has 1 aromatic carbocycles. The molecular formula is C27H29NO4. The maximum atomic E-state index is 14.0. The minimum Gasteiger partial charge on any atom is -0.508 e. The molecule has 2 aromatic rings. The zero-order valence-electron chi connectivity index (χ0n) is 18.7. The van der Waals surface area contributed by atoms with Crippen molar-refractivity contribution < 1.29 is 14.6 Å². The molecule has 3 aliphatic rings. The number of H-pyrrole nitrogens is 1. The van der Waals surface area contributed by atoms with E-state index in [1.165, 1.54) is 12.0 Å². The molecule has 2 aliphatic carbocycles. The van der Waals surface area contributed by atoms with Gasteiger partial charge in [0.05, 0.1) is 0 Å². The van der Waals surface area contributed by atoms with Crippen molar-refractivity contribution in [3.05, 3.63) is 70.2 Å². The number of carbonyl (C=O) groups excluding carboxylic acids is 1. The SMILES string of the molecule is CC=C[C@@H]1[C@H]2C[C@@H](C)CC[C@@H]2C(C)=C[C@]12Oc1c(-c3ccc(O)cc3)c[nH]c(=O)c1C2=O. The second-order valence-corrected chi connectivity index (χ2v) is 9.64. The van der Waals surface area contributed by atoms with Crippen molar-refractivity contribution in [2.75, 3.05) is 0 Å². The Morgan fingerprint density at radius 3 is 2.66 bits per heavy atom.